The van der Waals surface area contributed by atoms with Crippen LogP contribution in [0.15, 0.2) is 28.8 Å². The fourth-order valence-electron chi connectivity index (χ4n) is 1.89. The minimum atomic E-state index is -0.300. The highest BCUT2D eigenvalue weighted by molar-refractivity contribution is 5.91. The van der Waals surface area contributed by atoms with Gasteiger partial charge in [0.2, 0.25) is 5.76 Å². The number of hydrogen-bond acceptors (Lipinski definition) is 5. The Bertz CT molecular complexity index is 637. The standard InChI is InChI=1S/C16H20N2O4/c1-4-7-21-13-6-5-12(9-14(13)20-3)10-17-16(19)15-8-11(2)18-22-15/h5-6,8-9H,4,7,10H2,1-3H3,(H,17,19). The first-order valence-electron chi connectivity index (χ1n) is 7.15. The third kappa shape index (κ3) is 4.00. The van der Waals surface area contributed by atoms with Crippen molar-refractivity contribution in [3.8, 4) is 11.5 Å². The largest absolute Gasteiger partial charge is 0.493 e. The van der Waals surface area contributed by atoms with Gasteiger partial charge in [-0.1, -0.05) is 18.1 Å². The molecule has 6 heteroatoms. The lowest BCUT2D eigenvalue weighted by molar-refractivity contribution is 0.0914. The number of nitrogens with zero attached hydrogens (tertiary/aromatic N) is 1. The molecule has 22 heavy (non-hydrogen) atoms. The zero-order valence-corrected chi connectivity index (χ0v) is 13.0. The van der Waals surface area contributed by atoms with Crippen molar-refractivity contribution >= 4 is 5.91 Å². The Hall–Kier alpha value is -2.50. The molecule has 1 aromatic carbocycles. The van der Waals surface area contributed by atoms with Crippen LogP contribution < -0.4 is 14.8 Å². The Kier molecular flexibility index (Phi) is 5.41. The van der Waals surface area contributed by atoms with E-state index in [9.17, 15) is 4.79 Å². The second-order valence-corrected chi connectivity index (χ2v) is 4.85. The summed E-state index contributed by atoms with van der Waals surface area (Å²) in [6.07, 6.45) is 0.928. The maximum absolute atomic E-state index is 11.9. The van der Waals surface area contributed by atoms with Crippen LogP contribution >= 0.6 is 0 Å². The van der Waals surface area contributed by atoms with Crippen LogP contribution in [0.2, 0.25) is 0 Å². The van der Waals surface area contributed by atoms with Crippen molar-refractivity contribution in [1.82, 2.24) is 10.5 Å². The number of methoxy groups -OCH3 is 1. The predicted molar refractivity (Wildman–Crippen MR) is 81.2 cm³/mol. The summed E-state index contributed by atoms with van der Waals surface area (Å²) in [4.78, 5) is 11.9. The highest BCUT2D eigenvalue weighted by Crippen LogP contribution is 2.28. The topological polar surface area (TPSA) is 73.6 Å². The third-order valence-electron chi connectivity index (χ3n) is 2.99. The number of aromatic nitrogens is 1. The summed E-state index contributed by atoms with van der Waals surface area (Å²) in [6, 6.07) is 7.17. The molecule has 2 aromatic rings. The minimum absolute atomic E-state index is 0.201. The number of carbonyl (C=O) groups excluding carboxylic acids is 1. The molecule has 0 atom stereocenters. The average molecular weight is 304 g/mol. The van der Waals surface area contributed by atoms with Crippen molar-refractivity contribution in [2.75, 3.05) is 13.7 Å². The van der Waals surface area contributed by atoms with E-state index in [2.05, 4.69) is 10.5 Å². The first-order valence-corrected chi connectivity index (χ1v) is 7.15. The van der Waals surface area contributed by atoms with Gasteiger partial charge in [0.05, 0.1) is 19.4 Å². The van der Waals surface area contributed by atoms with Crippen LogP contribution in [0.5, 0.6) is 11.5 Å². The van der Waals surface area contributed by atoms with E-state index in [1.54, 1.807) is 20.1 Å². The van der Waals surface area contributed by atoms with Gasteiger partial charge in [0.25, 0.3) is 5.91 Å². The summed E-state index contributed by atoms with van der Waals surface area (Å²) in [5.74, 6) is 1.25. The molecule has 0 saturated carbocycles. The molecule has 1 N–H and O–H groups in total. The highest BCUT2D eigenvalue weighted by atomic mass is 16.5. The van der Waals surface area contributed by atoms with E-state index in [0.717, 1.165) is 12.0 Å². The van der Waals surface area contributed by atoms with Crippen LogP contribution in [-0.2, 0) is 6.54 Å². The highest BCUT2D eigenvalue weighted by Gasteiger charge is 2.12. The molecule has 0 fully saturated rings. The molecule has 0 aliphatic rings. The summed E-state index contributed by atoms with van der Waals surface area (Å²) >= 11 is 0. The molecular weight excluding hydrogens is 284 g/mol. The van der Waals surface area contributed by atoms with Gasteiger partial charge in [-0.15, -0.1) is 0 Å². The van der Waals surface area contributed by atoms with Gasteiger partial charge in [-0.05, 0) is 31.0 Å². The van der Waals surface area contributed by atoms with Gasteiger partial charge in [0.1, 0.15) is 0 Å². The molecule has 0 saturated heterocycles. The van der Waals surface area contributed by atoms with Gasteiger partial charge >= 0.3 is 0 Å². The van der Waals surface area contributed by atoms with Crippen LogP contribution in [0, 0.1) is 6.92 Å². The molecule has 2 rings (SSSR count). The van der Waals surface area contributed by atoms with Gasteiger partial charge in [-0.2, -0.15) is 0 Å². The Labute approximate surface area is 129 Å². The van der Waals surface area contributed by atoms with E-state index in [1.807, 2.05) is 25.1 Å². The van der Waals surface area contributed by atoms with Crippen molar-refractivity contribution in [2.45, 2.75) is 26.8 Å². The monoisotopic (exact) mass is 304 g/mol. The van der Waals surface area contributed by atoms with Crippen LogP contribution in [0.4, 0.5) is 0 Å². The smallest absolute Gasteiger partial charge is 0.290 e. The fraction of sp³-hybridized carbons (Fsp3) is 0.375. The Balaban J connectivity index is 1.99. The van der Waals surface area contributed by atoms with E-state index in [4.69, 9.17) is 14.0 Å². The van der Waals surface area contributed by atoms with Crippen LogP contribution in [0.3, 0.4) is 0 Å². The second kappa shape index (κ2) is 7.49. The lowest BCUT2D eigenvalue weighted by atomic mass is 10.2. The van der Waals surface area contributed by atoms with Crippen molar-refractivity contribution in [3.63, 3.8) is 0 Å². The number of hydrogen-bond donors (Lipinski definition) is 1. The fourth-order valence-corrected chi connectivity index (χ4v) is 1.89. The molecule has 0 spiro atoms. The molecule has 0 aliphatic carbocycles. The second-order valence-electron chi connectivity index (χ2n) is 4.85. The van der Waals surface area contributed by atoms with E-state index in [1.165, 1.54) is 0 Å². The number of aryl methyl sites for hydroxylation is 1. The maximum atomic E-state index is 11.9. The van der Waals surface area contributed by atoms with Crippen molar-refractivity contribution in [3.05, 3.63) is 41.3 Å². The quantitative estimate of drug-likeness (QED) is 0.851. The molecule has 1 heterocycles. The SMILES string of the molecule is CCCOc1ccc(CNC(=O)c2cc(C)no2)cc1OC. The number of amides is 1. The molecule has 1 amide bonds. The van der Waals surface area contributed by atoms with Crippen molar-refractivity contribution in [2.24, 2.45) is 0 Å². The van der Waals surface area contributed by atoms with Gasteiger partial charge in [-0.25, -0.2) is 0 Å². The first-order chi connectivity index (χ1) is 10.6. The third-order valence-corrected chi connectivity index (χ3v) is 2.99. The van der Waals surface area contributed by atoms with Crippen LogP contribution in [-0.4, -0.2) is 24.8 Å². The van der Waals surface area contributed by atoms with E-state index in [-0.39, 0.29) is 11.7 Å². The first kappa shape index (κ1) is 15.9. The molecule has 0 aliphatic heterocycles. The molecule has 118 valence electrons. The van der Waals surface area contributed by atoms with E-state index in [0.29, 0.717) is 30.3 Å². The predicted octanol–water partition coefficient (Wildman–Crippen LogP) is 2.71. The number of ether oxygens (including phenoxy) is 2. The van der Waals surface area contributed by atoms with E-state index >= 15 is 0 Å². The van der Waals surface area contributed by atoms with Crippen molar-refractivity contribution < 1.29 is 18.8 Å². The molecular formula is C16H20N2O4. The maximum Gasteiger partial charge on any atom is 0.290 e. The Morgan fingerprint density at radius 2 is 2.14 bits per heavy atom. The zero-order chi connectivity index (χ0) is 15.9. The van der Waals surface area contributed by atoms with Crippen molar-refractivity contribution in [1.29, 1.82) is 0 Å². The summed E-state index contributed by atoms with van der Waals surface area (Å²) in [6.45, 7) is 4.81. The molecule has 6 nitrogen and oxygen atoms in total. The zero-order valence-electron chi connectivity index (χ0n) is 13.0. The van der Waals surface area contributed by atoms with Gasteiger partial charge < -0.3 is 19.3 Å². The minimum Gasteiger partial charge on any atom is -0.493 e. The number of carbonyl (C=O) groups is 1. The molecule has 1 aromatic heterocycles. The number of benzene rings is 1. The summed E-state index contributed by atoms with van der Waals surface area (Å²) in [5, 5.41) is 6.46. The van der Waals surface area contributed by atoms with E-state index < -0.39 is 0 Å². The Morgan fingerprint density at radius 3 is 2.77 bits per heavy atom. The van der Waals surface area contributed by atoms with Gasteiger partial charge in [-0.3, -0.25) is 4.79 Å². The molecule has 0 bridgehead atoms. The summed E-state index contributed by atoms with van der Waals surface area (Å²) in [7, 11) is 1.59. The number of rotatable bonds is 7. The Morgan fingerprint density at radius 1 is 1.32 bits per heavy atom. The van der Waals surface area contributed by atoms with Crippen LogP contribution in [0.25, 0.3) is 0 Å². The van der Waals surface area contributed by atoms with Gasteiger partial charge in [0.15, 0.2) is 11.5 Å². The average Bonchev–Trinajstić information content (AvgIpc) is 2.97. The summed E-state index contributed by atoms with van der Waals surface area (Å²) < 4.78 is 15.8. The lowest BCUT2D eigenvalue weighted by Crippen LogP contribution is -2.22. The number of nitrogens with one attached hydrogen (secondary N) is 1. The normalized spacial score (nSPS) is 10.3. The van der Waals surface area contributed by atoms with Gasteiger partial charge in [0, 0.05) is 12.6 Å². The summed E-state index contributed by atoms with van der Waals surface area (Å²) in [5.41, 5.74) is 1.58. The molecule has 0 unspecified atom stereocenters. The molecule has 0 radical (unpaired) electrons. The lowest BCUT2D eigenvalue weighted by Gasteiger charge is -2.11. The van der Waals surface area contributed by atoms with Crippen LogP contribution in [0.1, 0.15) is 35.2 Å².